The van der Waals surface area contributed by atoms with Gasteiger partial charge in [0.1, 0.15) is 0 Å². The minimum absolute atomic E-state index is 0.233. The van der Waals surface area contributed by atoms with Crippen molar-refractivity contribution in [2.45, 2.75) is 5.92 Å². The molecule has 0 saturated heterocycles. The fourth-order valence-corrected chi connectivity index (χ4v) is 3.08. The first-order chi connectivity index (χ1) is 10.8. The van der Waals surface area contributed by atoms with Crippen LogP contribution < -0.4 is 0 Å². The van der Waals surface area contributed by atoms with E-state index in [2.05, 4.69) is 107 Å². The summed E-state index contributed by atoms with van der Waals surface area (Å²) in [6.07, 6.45) is 4.46. The van der Waals surface area contributed by atoms with E-state index in [0.717, 1.165) is 4.47 Å². The van der Waals surface area contributed by atoms with Crippen molar-refractivity contribution in [3.8, 4) is 0 Å². The molecule has 0 aliphatic heterocycles. The van der Waals surface area contributed by atoms with Crippen LogP contribution in [0.5, 0.6) is 0 Å². The molecule has 0 fully saturated rings. The van der Waals surface area contributed by atoms with Crippen molar-refractivity contribution in [3.05, 3.63) is 112 Å². The average molecular weight is 349 g/mol. The van der Waals surface area contributed by atoms with E-state index in [9.17, 15) is 0 Å². The molecular formula is C21H17Br. The van der Waals surface area contributed by atoms with Gasteiger partial charge in [0.25, 0.3) is 0 Å². The van der Waals surface area contributed by atoms with Gasteiger partial charge in [0.05, 0.1) is 0 Å². The fourth-order valence-electron chi connectivity index (χ4n) is 2.55. The van der Waals surface area contributed by atoms with Gasteiger partial charge in [0, 0.05) is 10.4 Å². The molecule has 1 heteroatoms. The molecule has 0 radical (unpaired) electrons. The molecule has 0 aliphatic rings. The molecule has 22 heavy (non-hydrogen) atoms. The van der Waals surface area contributed by atoms with Crippen LogP contribution in [0, 0.1) is 0 Å². The summed E-state index contributed by atoms with van der Waals surface area (Å²) in [5.41, 5.74) is 3.79. The summed E-state index contributed by atoms with van der Waals surface area (Å²) in [6.45, 7) is 0. The first kappa shape index (κ1) is 14.8. The topological polar surface area (TPSA) is 0 Å². The molecule has 3 aromatic carbocycles. The largest absolute Gasteiger partial charge is 0.0720 e. The molecule has 0 amide bonds. The molecule has 0 saturated carbocycles. The van der Waals surface area contributed by atoms with Crippen molar-refractivity contribution in [2.24, 2.45) is 0 Å². The second kappa shape index (κ2) is 7.24. The Morgan fingerprint density at radius 3 is 1.95 bits per heavy atom. The fraction of sp³-hybridized carbons (Fsp3) is 0.0476. The second-order valence-corrected chi connectivity index (χ2v) is 6.03. The SMILES string of the molecule is Brc1ccccc1C(C=Cc1ccccc1)c1ccccc1. The normalized spacial score (nSPS) is 12.4. The number of hydrogen-bond acceptors (Lipinski definition) is 0. The van der Waals surface area contributed by atoms with E-state index < -0.39 is 0 Å². The van der Waals surface area contributed by atoms with Crippen LogP contribution in [0.3, 0.4) is 0 Å². The predicted octanol–water partition coefficient (Wildman–Crippen LogP) is 6.29. The standard InChI is InChI=1S/C21H17Br/c22-21-14-8-7-13-20(21)19(18-11-5-2-6-12-18)16-15-17-9-3-1-4-10-17/h1-16,19H. The average Bonchev–Trinajstić information content (AvgIpc) is 2.58. The van der Waals surface area contributed by atoms with E-state index in [1.165, 1.54) is 16.7 Å². The van der Waals surface area contributed by atoms with Crippen molar-refractivity contribution in [1.29, 1.82) is 0 Å². The zero-order chi connectivity index (χ0) is 15.2. The lowest BCUT2D eigenvalue weighted by Gasteiger charge is -2.16. The molecule has 0 heterocycles. The maximum absolute atomic E-state index is 3.69. The van der Waals surface area contributed by atoms with Gasteiger partial charge >= 0.3 is 0 Å². The van der Waals surface area contributed by atoms with Crippen LogP contribution in [0.2, 0.25) is 0 Å². The van der Waals surface area contributed by atoms with Crippen LogP contribution in [0.1, 0.15) is 22.6 Å². The first-order valence-corrected chi connectivity index (χ1v) is 8.16. The monoisotopic (exact) mass is 348 g/mol. The van der Waals surface area contributed by atoms with E-state index >= 15 is 0 Å². The van der Waals surface area contributed by atoms with Crippen molar-refractivity contribution >= 4 is 22.0 Å². The van der Waals surface area contributed by atoms with Crippen LogP contribution in [0.4, 0.5) is 0 Å². The third-order valence-corrected chi connectivity index (χ3v) is 4.40. The summed E-state index contributed by atoms with van der Waals surface area (Å²) in [5, 5.41) is 0. The maximum Gasteiger partial charge on any atom is 0.0283 e. The smallest absolute Gasteiger partial charge is 0.0283 e. The van der Waals surface area contributed by atoms with Gasteiger partial charge in [-0.1, -0.05) is 107 Å². The van der Waals surface area contributed by atoms with Gasteiger partial charge in [-0.2, -0.15) is 0 Å². The van der Waals surface area contributed by atoms with Gasteiger partial charge in [-0.15, -0.1) is 0 Å². The van der Waals surface area contributed by atoms with Gasteiger partial charge < -0.3 is 0 Å². The number of halogens is 1. The van der Waals surface area contributed by atoms with Gasteiger partial charge in [-0.3, -0.25) is 0 Å². The summed E-state index contributed by atoms with van der Waals surface area (Å²) < 4.78 is 1.14. The Balaban J connectivity index is 2.01. The minimum Gasteiger partial charge on any atom is -0.0720 e. The molecule has 0 nitrogen and oxygen atoms in total. The van der Waals surface area contributed by atoms with Crippen LogP contribution >= 0.6 is 15.9 Å². The highest BCUT2D eigenvalue weighted by Crippen LogP contribution is 2.32. The third-order valence-electron chi connectivity index (χ3n) is 3.68. The summed E-state index contributed by atoms with van der Waals surface area (Å²) in [4.78, 5) is 0. The van der Waals surface area contributed by atoms with Gasteiger partial charge in [-0.25, -0.2) is 0 Å². The molecule has 3 rings (SSSR count). The Bertz CT molecular complexity index is 745. The van der Waals surface area contributed by atoms with Crippen molar-refractivity contribution < 1.29 is 0 Å². The number of hydrogen-bond donors (Lipinski definition) is 0. The van der Waals surface area contributed by atoms with Crippen molar-refractivity contribution in [3.63, 3.8) is 0 Å². The molecule has 108 valence electrons. The summed E-state index contributed by atoms with van der Waals surface area (Å²) >= 11 is 3.69. The molecule has 1 unspecified atom stereocenters. The van der Waals surface area contributed by atoms with Gasteiger partial charge in [-0.05, 0) is 22.8 Å². The highest BCUT2D eigenvalue weighted by Gasteiger charge is 2.13. The maximum atomic E-state index is 3.69. The van der Waals surface area contributed by atoms with E-state index in [-0.39, 0.29) is 5.92 Å². The molecular weight excluding hydrogens is 332 g/mol. The molecule has 0 aliphatic carbocycles. The van der Waals surface area contributed by atoms with Crippen LogP contribution in [-0.4, -0.2) is 0 Å². The predicted molar refractivity (Wildman–Crippen MR) is 97.9 cm³/mol. The lowest BCUT2D eigenvalue weighted by molar-refractivity contribution is 1.02. The van der Waals surface area contributed by atoms with E-state index in [0.29, 0.717) is 0 Å². The molecule has 1 atom stereocenters. The lowest BCUT2D eigenvalue weighted by atomic mass is 9.90. The van der Waals surface area contributed by atoms with E-state index in [1.54, 1.807) is 0 Å². The first-order valence-electron chi connectivity index (χ1n) is 7.37. The minimum atomic E-state index is 0.233. The third kappa shape index (κ3) is 3.55. The summed E-state index contributed by atoms with van der Waals surface area (Å²) in [5.74, 6) is 0.233. The Hall–Kier alpha value is -2.12. The zero-order valence-electron chi connectivity index (χ0n) is 12.2. The Morgan fingerprint density at radius 2 is 1.27 bits per heavy atom. The number of rotatable bonds is 4. The Kier molecular flexibility index (Phi) is 4.87. The Morgan fingerprint density at radius 1 is 0.682 bits per heavy atom. The van der Waals surface area contributed by atoms with E-state index in [4.69, 9.17) is 0 Å². The second-order valence-electron chi connectivity index (χ2n) is 5.18. The number of benzene rings is 3. The van der Waals surface area contributed by atoms with Crippen LogP contribution in [-0.2, 0) is 0 Å². The lowest BCUT2D eigenvalue weighted by Crippen LogP contribution is -1.98. The molecule has 3 aromatic rings. The molecule has 0 bridgehead atoms. The quantitative estimate of drug-likeness (QED) is 0.519. The molecule has 0 spiro atoms. The van der Waals surface area contributed by atoms with Crippen molar-refractivity contribution in [2.75, 3.05) is 0 Å². The molecule has 0 aromatic heterocycles. The highest BCUT2D eigenvalue weighted by atomic mass is 79.9. The van der Waals surface area contributed by atoms with Gasteiger partial charge in [0.15, 0.2) is 0 Å². The van der Waals surface area contributed by atoms with Crippen LogP contribution in [0.25, 0.3) is 6.08 Å². The summed E-state index contributed by atoms with van der Waals surface area (Å²) in [6, 6.07) is 29.4. The van der Waals surface area contributed by atoms with Crippen LogP contribution in [0.15, 0.2) is 95.5 Å². The molecule has 0 N–H and O–H groups in total. The number of allylic oxidation sites excluding steroid dienone is 1. The zero-order valence-corrected chi connectivity index (χ0v) is 13.8. The summed E-state index contributed by atoms with van der Waals surface area (Å²) in [7, 11) is 0. The van der Waals surface area contributed by atoms with E-state index in [1.807, 2.05) is 6.07 Å². The van der Waals surface area contributed by atoms with Crippen molar-refractivity contribution in [1.82, 2.24) is 0 Å². The highest BCUT2D eigenvalue weighted by molar-refractivity contribution is 9.10. The Labute approximate surface area is 140 Å². The van der Waals surface area contributed by atoms with Gasteiger partial charge in [0.2, 0.25) is 0 Å².